The van der Waals surface area contributed by atoms with Crippen LogP contribution in [0.4, 0.5) is 11.5 Å². The molecule has 148 valence electrons. The van der Waals surface area contributed by atoms with Crippen LogP contribution in [0.1, 0.15) is 36.6 Å². The van der Waals surface area contributed by atoms with Gasteiger partial charge in [-0.2, -0.15) is 0 Å². The first kappa shape index (κ1) is 19.3. The van der Waals surface area contributed by atoms with Gasteiger partial charge in [-0.25, -0.2) is 4.98 Å². The topological polar surface area (TPSA) is 71.0 Å². The van der Waals surface area contributed by atoms with Gasteiger partial charge in [0.05, 0.1) is 29.8 Å². The molecule has 1 N–H and O–H groups in total. The maximum atomic E-state index is 12.8. The summed E-state index contributed by atoms with van der Waals surface area (Å²) in [5.74, 6) is 0.830. The summed E-state index contributed by atoms with van der Waals surface area (Å²) in [6, 6.07) is 11.7. The number of nitrogens with one attached hydrogen (secondary N) is 1. The van der Waals surface area contributed by atoms with Crippen molar-refractivity contribution in [2.45, 2.75) is 31.7 Å². The van der Waals surface area contributed by atoms with Gasteiger partial charge in [-0.3, -0.25) is 14.8 Å². The Morgan fingerprint density at radius 3 is 2.86 bits per heavy atom. The molecule has 0 unspecified atom stereocenters. The predicted molar refractivity (Wildman–Crippen MR) is 113 cm³/mol. The van der Waals surface area contributed by atoms with Crippen LogP contribution in [-0.4, -0.2) is 32.3 Å². The number of pyridine rings is 1. The van der Waals surface area contributed by atoms with Crippen LogP contribution in [0, 0.1) is 0 Å². The summed E-state index contributed by atoms with van der Waals surface area (Å²) in [5, 5.41) is 3.87. The second kappa shape index (κ2) is 9.01. The van der Waals surface area contributed by atoms with Gasteiger partial charge in [0.2, 0.25) is 5.91 Å². The predicted octanol–water partition coefficient (Wildman–Crippen LogP) is 4.56. The van der Waals surface area contributed by atoms with E-state index in [1.165, 1.54) is 0 Å². The third-order valence-electron chi connectivity index (χ3n) is 5.05. The molecule has 1 aromatic carbocycles. The smallest absolute Gasteiger partial charge is 0.223 e. The van der Waals surface area contributed by atoms with Crippen LogP contribution in [-0.2, 0) is 11.2 Å². The van der Waals surface area contributed by atoms with Crippen LogP contribution < -0.4 is 5.32 Å². The summed E-state index contributed by atoms with van der Waals surface area (Å²) in [6.45, 7) is 0.778. The number of anilines is 2. The van der Waals surface area contributed by atoms with Gasteiger partial charge in [0.1, 0.15) is 5.82 Å². The Bertz CT molecular complexity index is 964. The average Bonchev–Trinajstić information content (AvgIpc) is 3.23. The van der Waals surface area contributed by atoms with Crippen LogP contribution in [0.2, 0.25) is 5.02 Å². The van der Waals surface area contributed by atoms with Crippen molar-refractivity contribution in [3.05, 3.63) is 77.5 Å². The molecule has 0 aliphatic carbocycles. The van der Waals surface area contributed by atoms with Crippen molar-refractivity contribution in [3.63, 3.8) is 0 Å². The van der Waals surface area contributed by atoms with E-state index >= 15 is 0 Å². The third-order valence-corrected chi connectivity index (χ3v) is 5.29. The maximum absolute atomic E-state index is 12.8. The molecule has 4 rings (SSSR count). The van der Waals surface area contributed by atoms with Crippen LogP contribution in [0.15, 0.2) is 61.2 Å². The quantitative estimate of drug-likeness (QED) is 0.648. The number of likely N-dealkylation sites (tertiary alicyclic amines) is 1. The lowest BCUT2D eigenvalue weighted by Crippen LogP contribution is -2.31. The second-order valence-corrected chi connectivity index (χ2v) is 7.50. The van der Waals surface area contributed by atoms with Gasteiger partial charge in [0.25, 0.3) is 0 Å². The zero-order chi connectivity index (χ0) is 20.1. The highest BCUT2D eigenvalue weighted by molar-refractivity contribution is 6.30. The number of halogens is 1. The number of rotatable bonds is 6. The molecule has 0 spiro atoms. The third kappa shape index (κ3) is 4.90. The van der Waals surface area contributed by atoms with Crippen LogP contribution in [0.3, 0.4) is 0 Å². The van der Waals surface area contributed by atoms with Crippen molar-refractivity contribution < 1.29 is 4.79 Å². The maximum Gasteiger partial charge on any atom is 0.223 e. The van der Waals surface area contributed by atoms with Crippen molar-refractivity contribution in [1.29, 1.82) is 0 Å². The Labute approximate surface area is 175 Å². The molecule has 7 heteroatoms. The molecule has 1 aliphatic heterocycles. The standard InChI is InChI=1S/C22H22ClN5O/c23-17-4-1-3-16(13-17)6-9-22(29)28-12-2-5-20(28)19-8-7-18(14-26-19)27-21-15-24-10-11-25-21/h1,3-4,7-8,10-11,13-15,20H,2,5-6,9,12H2,(H,25,27)/t20-/m1/s1. The van der Waals surface area contributed by atoms with E-state index in [9.17, 15) is 4.79 Å². The Morgan fingerprint density at radius 1 is 1.17 bits per heavy atom. The van der Waals surface area contributed by atoms with Crippen LogP contribution >= 0.6 is 11.6 Å². The Kier molecular flexibility index (Phi) is 6.00. The molecule has 3 aromatic rings. The highest BCUT2D eigenvalue weighted by atomic mass is 35.5. The second-order valence-electron chi connectivity index (χ2n) is 7.06. The highest BCUT2D eigenvalue weighted by Gasteiger charge is 2.30. The summed E-state index contributed by atoms with van der Waals surface area (Å²) in [7, 11) is 0. The van der Waals surface area contributed by atoms with E-state index in [1.807, 2.05) is 41.3 Å². The summed E-state index contributed by atoms with van der Waals surface area (Å²) in [5.41, 5.74) is 2.84. The van der Waals surface area contributed by atoms with Gasteiger partial charge < -0.3 is 10.2 Å². The molecule has 1 atom stereocenters. The minimum Gasteiger partial charge on any atom is -0.338 e. The Balaban J connectivity index is 1.39. The van der Waals surface area contributed by atoms with E-state index in [0.29, 0.717) is 23.7 Å². The minimum atomic E-state index is 0.0347. The molecule has 6 nitrogen and oxygen atoms in total. The first-order valence-corrected chi connectivity index (χ1v) is 10.1. The lowest BCUT2D eigenvalue weighted by atomic mass is 10.1. The number of benzene rings is 1. The first-order chi connectivity index (χ1) is 14.2. The molecule has 0 bridgehead atoms. The molecule has 0 saturated carbocycles. The molecular formula is C22H22ClN5O. The number of hydrogen-bond donors (Lipinski definition) is 1. The summed E-state index contributed by atoms with van der Waals surface area (Å²) >= 11 is 6.04. The monoisotopic (exact) mass is 407 g/mol. The first-order valence-electron chi connectivity index (χ1n) is 9.72. The molecule has 1 amide bonds. The number of hydrogen-bond acceptors (Lipinski definition) is 5. The van der Waals surface area contributed by atoms with E-state index in [2.05, 4.69) is 20.3 Å². The summed E-state index contributed by atoms with van der Waals surface area (Å²) < 4.78 is 0. The van der Waals surface area contributed by atoms with Crippen molar-refractivity contribution in [1.82, 2.24) is 19.9 Å². The zero-order valence-electron chi connectivity index (χ0n) is 16.0. The van der Waals surface area contributed by atoms with E-state index in [0.717, 1.165) is 36.3 Å². The molecule has 0 radical (unpaired) electrons. The van der Waals surface area contributed by atoms with E-state index in [-0.39, 0.29) is 11.9 Å². The highest BCUT2D eigenvalue weighted by Crippen LogP contribution is 2.32. The van der Waals surface area contributed by atoms with Crippen LogP contribution in [0.25, 0.3) is 0 Å². The molecule has 1 saturated heterocycles. The fourth-order valence-electron chi connectivity index (χ4n) is 3.65. The fraction of sp³-hybridized carbons (Fsp3) is 0.273. The van der Waals surface area contributed by atoms with Crippen molar-refractivity contribution in [2.75, 3.05) is 11.9 Å². The minimum absolute atomic E-state index is 0.0347. The van der Waals surface area contributed by atoms with Gasteiger partial charge in [-0.05, 0) is 49.1 Å². The molecule has 2 aromatic heterocycles. The van der Waals surface area contributed by atoms with Gasteiger partial charge in [-0.15, -0.1) is 0 Å². The number of amides is 1. The van der Waals surface area contributed by atoms with E-state index in [4.69, 9.17) is 11.6 Å². The van der Waals surface area contributed by atoms with Gasteiger partial charge in [-0.1, -0.05) is 23.7 Å². The summed E-state index contributed by atoms with van der Waals surface area (Å²) in [4.78, 5) is 27.6. The average molecular weight is 408 g/mol. The van der Waals surface area contributed by atoms with Gasteiger partial charge in [0.15, 0.2) is 0 Å². The lowest BCUT2D eigenvalue weighted by Gasteiger charge is -2.24. The number of carbonyl (C=O) groups excluding carboxylic acids is 1. The normalized spacial score (nSPS) is 16.0. The number of aryl methyl sites for hydroxylation is 1. The molecule has 3 heterocycles. The lowest BCUT2D eigenvalue weighted by molar-refractivity contribution is -0.132. The molecule has 1 fully saturated rings. The van der Waals surface area contributed by atoms with Crippen LogP contribution in [0.5, 0.6) is 0 Å². The number of carbonyl (C=O) groups is 1. The largest absolute Gasteiger partial charge is 0.338 e. The van der Waals surface area contributed by atoms with Crippen molar-refractivity contribution in [3.8, 4) is 0 Å². The molecule has 29 heavy (non-hydrogen) atoms. The van der Waals surface area contributed by atoms with E-state index in [1.54, 1.807) is 24.8 Å². The Hall–Kier alpha value is -2.99. The fourth-order valence-corrected chi connectivity index (χ4v) is 3.86. The van der Waals surface area contributed by atoms with Crippen molar-refractivity contribution >= 4 is 29.0 Å². The van der Waals surface area contributed by atoms with E-state index < -0.39 is 0 Å². The SMILES string of the molecule is O=C(CCc1cccc(Cl)c1)N1CCC[C@@H]1c1ccc(Nc2cnccn2)cn1. The van der Waals surface area contributed by atoms with Gasteiger partial charge >= 0.3 is 0 Å². The zero-order valence-corrected chi connectivity index (χ0v) is 16.7. The molecule has 1 aliphatic rings. The Morgan fingerprint density at radius 2 is 2.10 bits per heavy atom. The summed E-state index contributed by atoms with van der Waals surface area (Å²) in [6.07, 6.45) is 9.80. The van der Waals surface area contributed by atoms with Gasteiger partial charge in [0, 0.05) is 30.4 Å². The molecular weight excluding hydrogens is 386 g/mol. The number of aromatic nitrogens is 3. The number of nitrogens with zero attached hydrogens (tertiary/aromatic N) is 4. The van der Waals surface area contributed by atoms with Crippen molar-refractivity contribution in [2.24, 2.45) is 0 Å².